The Labute approximate surface area is 210 Å². The molecule has 0 bridgehead atoms. The molecule has 6 heteroatoms. The first-order valence-corrected chi connectivity index (χ1v) is 12.5. The second-order valence-electron chi connectivity index (χ2n) is 9.78. The maximum absolute atomic E-state index is 9.71. The monoisotopic (exact) mass is 475 g/mol. The maximum Gasteiger partial charge on any atom is 0.0827 e. The highest BCUT2D eigenvalue weighted by atomic mass is 16.3. The molecule has 3 aromatic heterocycles. The van der Waals surface area contributed by atoms with Crippen LogP contribution < -0.4 is 5.32 Å². The number of nitrogens with zero attached hydrogens (tertiary/aromatic N) is 3. The molecule has 0 aliphatic heterocycles. The number of hydrogen-bond acceptors (Lipinski definition) is 5. The van der Waals surface area contributed by atoms with Crippen molar-refractivity contribution in [1.29, 1.82) is 0 Å². The van der Waals surface area contributed by atoms with Gasteiger partial charge >= 0.3 is 0 Å². The number of benzene rings is 2. The van der Waals surface area contributed by atoms with Crippen molar-refractivity contribution < 1.29 is 5.11 Å². The molecule has 1 aliphatic carbocycles. The van der Waals surface area contributed by atoms with Crippen LogP contribution in [0.5, 0.6) is 0 Å². The van der Waals surface area contributed by atoms with Gasteiger partial charge in [-0.05, 0) is 36.1 Å². The number of hydrogen-bond donors (Lipinski definition) is 3. The third-order valence-electron chi connectivity index (χ3n) is 7.41. The van der Waals surface area contributed by atoms with Crippen molar-refractivity contribution in [2.45, 2.75) is 25.8 Å². The Bertz CT molecular complexity index is 1450. The van der Waals surface area contributed by atoms with Crippen LogP contribution in [0.25, 0.3) is 44.5 Å². The number of aromatic nitrogens is 4. The van der Waals surface area contributed by atoms with Gasteiger partial charge in [-0.3, -0.25) is 10.1 Å². The fourth-order valence-electron chi connectivity index (χ4n) is 5.08. The van der Waals surface area contributed by atoms with Crippen LogP contribution in [-0.2, 0) is 6.54 Å². The molecular formula is C30H29N5O. The summed E-state index contributed by atoms with van der Waals surface area (Å²) in [5, 5.41) is 21.2. The van der Waals surface area contributed by atoms with Crippen LogP contribution in [0, 0.1) is 5.41 Å². The average molecular weight is 476 g/mol. The SMILES string of the molecule is OCC1(CNCc2ccc(-c3nc4ccnc(-c5cn[nH]c5)c4cc3-c3ccccc3)cc2)CCC1. The van der Waals surface area contributed by atoms with E-state index in [1.165, 1.54) is 12.0 Å². The van der Waals surface area contributed by atoms with Crippen molar-refractivity contribution in [2.24, 2.45) is 5.41 Å². The third kappa shape index (κ3) is 4.30. The van der Waals surface area contributed by atoms with E-state index in [-0.39, 0.29) is 12.0 Å². The maximum atomic E-state index is 9.71. The highest BCUT2D eigenvalue weighted by Crippen LogP contribution is 2.40. The Morgan fingerprint density at radius 3 is 2.44 bits per heavy atom. The molecule has 1 saturated carbocycles. The van der Waals surface area contributed by atoms with E-state index < -0.39 is 0 Å². The van der Waals surface area contributed by atoms with Gasteiger partial charge in [0.2, 0.25) is 0 Å². The smallest absolute Gasteiger partial charge is 0.0827 e. The molecule has 180 valence electrons. The fraction of sp³-hybridized carbons (Fsp3) is 0.233. The molecular weight excluding hydrogens is 446 g/mol. The van der Waals surface area contributed by atoms with E-state index in [2.05, 4.69) is 75.1 Å². The molecule has 0 spiro atoms. The Balaban J connectivity index is 1.35. The normalized spacial score (nSPS) is 14.6. The summed E-state index contributed by atoms with van der Waals surface area (Å²) in [6, 6.07) is 23.2. The Morgan fingerprint density at radius 2 is 1.75 bits per heavy atom. The van der Waals surface area contributed by atoms with E-state index in [1.54, 1.807) is 12.4 Å². The number of aliphatic hydroxyl groups is 1. The summed E-state index contributed by atoms with van der Waals surface area (Å²) in [5.74, 6) is 0. The Morgan fingerprint density at radius 1 is 0.917 bits per heavy atom. The summed E-state index contributed by atoms with van der Waals surface area (Å²) in [6.07, 6.45) is 8.90. The van der Waals surface area contributed by atoms with Crippen LogP contribution in [0.15, 0.2) is 85.3 Å². The van der Waals surface area contributed by atoms with E-state index in [9.17, 15) is 5.11 Å². The lowest BCUT2D eigenvalue weighted by atomic mass is 9.69. The van der Waals surface area contributed by atoms with Gasteiger partial charge < -0.3 is 10.4 Å². The van der Waals surface area contributed by atoms with E-state index in [4.69, 9.17) is 4.98 Å². The van der Waals surface area contributed by atoms with Crippen molar-refractivity contribution in [3.8, 4) is 33.6 Å². The number of fused-ring (bicyclic) bond motifs is 1. The quantitative estimate of drug-likeness (QED) is 0.272. The van der Waals surface area contributed by atoms with Crippen LogP contribution >= 0.6 is 0 Å². The van der Waals surface area contributed by atoms with Gasteiger partial charge in [0.25, 0.3) is 0 Å². The van der Waals surface area contributed by atoms with Crippen molar-refractivity contribution in [2.75, 3.05) is 13.2 Å². The minimum Gasteiger partial charge on any atom is -0.396 e. The molecule has 5 aromatic rings. The van der Waals surface area contributed by atoms with E-state index in [1.807, 2.05) is 18.3 Å². The topological polar surface area (TPSA) is 86.7 Å². The van der Waals surface area contributed by atoms with Crippen LogP contribution in [0.1, 0.15) is 24.8 Å². The molecule has 0 unspecified atom stereocenters. The molecule has 6 nitrogen and oxygen atoms in total. The van der Waals surface area contributed by atoms with E-state index in [0.29, 0.717) is 0 Å². The van der Waals surface area contributed by atoms with Gasteiger partial charge in [-0.1, -0.05) is 61.0 Å². The standard InChI is InChI=1S/C30H29N5O/c36-20-30(12-4-13-30)19-31-16-21-7-9-23(10-8-21)29-25(22-5-2-1-3-6-22)15-26-27(35-29)11-14-32-28(26)24-17-33-34-18-24/h1-3,5-11,14-15,17-18,31,36H,4,12-13,16,19-20H2,(H,33,34). The molecule has 3 N–H and O–H groups in total. The van der Waals surface area contributed by atoms with E-state index >= 15 is 0 Å². The van der Waals surface area contributed by atoms with Crippen LogP contribution in [0.4, 0.5) is 0 Å². The first-order chi connectivity index (χ1) is 17.7. The molecule has 3 heterocycles. The zero-order valence-corrected chi connectivity index (χ0v) is 20.1. The summed E-state index contributed by atoms with van der Waals surface area (Å²) < 4.78 is 0. The molecule has 1 aliphatic rings. The average Bonchev–Trinajstić information content (AvgIpc) is 3.45. The molecule has 2 aromatic carbocycles. The second-order valence-corrected chi connectivity index (χ2v) is 9.78. The molecule has 36 heavy (non-hydrogen) atoms. The van der Waals surface area contributed by atoms with Crippen molar-refractivity contribution >= 4 is 10.9 Å². The van der Waals surface area contributed by atoms with Gasteiger partial charge in [-0.15, -0.1) is 0 Å². The van der Waals surface area contributed by atoms with E-state index in [0.717, 1.165) is 70.5 Å². The van der Waals surface area contributed by atoms with Crippen LogP contribution in [0.3, 0.4) is 0 Å². The van der Waals surface area contributed by atoms with Gasteiger partial charge in [0.05, 0.1) is 23.1 Å². The highest BCUT2D eigenvalue weighted by Gasteiger charge is 2.35. The number of rotatable bonds is 8. The minimum atomic E-state index is 0.0870. The summed E-state index contributed by atoms with van der Waals surface area (Å²) in [5.41, 5.74) is 8.23. The largest absolute Gasteiger partial charge is 0.396 e. The number of aromatic amines is 1. The number of pyridine rings is 2. The number of H-pyrrole nitrogens is 1. The lowest BCUT2D eigenvalue weighted by Gasteiger charge is -2.40. The van der Waals surface area contributed by atoms with Gasteiger partial charge in [0, 0.05) is 59.6 Å². The Hall–Kier alpha value is -3.87. The lowest BCUT2D eigenvalue weighted by Crippen LogP contribution is -2.42. The van der Waals surface area contributed by atoms with Crippen molar-refractivity contribution in [3.63, 3.8) is 0 Å². The number of aliphatic hydroxyl groups excluding tert-OH is 1. The minimum absolute atomic E-state index is 0.0870. The Kier molecular flexibility index (Phi) is 6.05. The zero-order valence-electron chi connectivity index (χ0n) is 20.1. The lowest BCUT2D eigenvalue weighted by molar-refractivity contribution is 0.0445. The highest BCUT2D eigenvalue weighted by molar-refractivity contribution is 5.98. The van der Waals surface area contributed by atoms with Gasteiger partial charge in [0.1, 0.15) is 0 Å². The van der Waals surface area contributed by atoms with Gasteiger partial charge in [0.15, 0.2) is 0 Å². The van der Waals surface area contributed by atoms with Crippen LogP contribution in [0.2, 0.25) is 0 Å². The molecule has 0 saturated heterocycles. The summed E-state index contributed by atoms with van der Waals surface area (Å²) in [4.78, 5) is 9.77. The first kappa shape index (κ1) is 22.6. The summed E-state index contributed by atoms with van der Waals surface area (Å²) in [7, 11) is 0. The summed E-state index contributed by atoms with van der Waals surface area (Å²) >= 11 is 0. The fourth-order valence-corrected chi connectivity index (χ4v) is 5.08. The zero-order chi connectivity index (χ0) is 24.4. The molecule has 0 radical (unpaired) electrons. The predicted molar refractivity (Wildman–Crippen MR) is 143 cm³/mol. The molecule has 1 fully saturated rings. The van der Waals surface area contributed by atoms with Gasteiger partial charge in [-0.2, -0.15) is 5.10 Å². The predicted octanol–water partition coefficient (Wildman–Crippen LogP) is 5.61. The third-order valence-corrected chi connectivity index (χ3v) is 7.41. The van der Waals surface area contributed by atoms with Crippen LogP contribution in [-0.4, -0.2) is 38.4 Å². The molecule has 6 rings (SSSR count). The van der Waals surface area contributed by atoms with Crippen molar-refractivity contribution in [1.82, 2.24) is 25.5 Å². The number of nitrogens with one attached hydrogen (secondary N) is 2. The molecule has 0 atom stereocenters. The van der Waals surface area contributed by atoms with Gasteiger partial charge in [-0.25, -0.2) is 4.98 Å². The second kappa shape index (κ2) is 9.64. The van der Waals surface area contributed by atoms with Crippen molar-refractivity contribution in [3.05, 3.63) is 90.9 Å². The summed E-state index contributed by atoms with van der Waals surface area (Å²) in [6.45, 7) is 1.92. The first-order valence-electron chi connectivity index (χ1n) is 12.5. The molecule has 0 amide bonds.